The van der Waals surface area contributed by atoms with Crippen molar-refractivity contribution in [2.75, 3.05) is 6.61 Å². The molecule has 2 aromatic rings. The summed E-state index contributed by atoms with van der Waals surface area (Å²) >= 11 is 0. The zero-order valence-corrected chi connectivity index (χ0v) is 9.91. The summed E-state index contributed by atoms with van der Waals surface area (Å²) in [5.41, 5.74) is 3.39. The number of rotatable bonds is 2. The standard InChI is InChI=1S/C16H13NO/c1-2-6-16-15(5-1)10-14(12-18-16)8-7-13-4-3-9-17-11-13/h1-11H,12H2/b8-7+. The van der Waals surface area contributed by atoms with Gasteiger partial charge in [0.2, 0.25) is 0 Å². The molecule has 1 aromatic heterocycles. The number of hydrogen-bond donors (Lipinski definition) is 0. The lowest BCUT2D eigenvalue weighted by Crippen LogP contribution is -2.05. The molecule has 88 valence electrons. The fourth-order valence-corrected chi connectivity index (χ4v) is 1.91. The maximum absolute atomic E-state index is 5.69. The first-order valence-corrected chi connectivity index (χ1v) is 5.92. The van der Waals surface area contributed by atoms with Crippen LogP contribution < -0.4 is 4.74 Å². The van der Waals surface area contributed by atoms with Gasteiger partial charge in [0, 0.05) is 18.0 Å². The molecule has 0 radical (unpaired) electrons. The van der Waals surface area contributed by atoms with E-state index in [1.165, 1.54) is 0 Å². The first-order chi connectivity index (χ1) is 8.92. The highest BCUT2D eigenvalue weighted by Crippen LogP contribution is 2.26. The summed E-state index contributed by atoms with van der Waals surface area (Å²) in [5, 5.41) is 0. The largest absolute Gasteiger partial charge is 0.488 e. The number of pyridine rings is 1. The Bertz CT molecular complexity index is 600. The molecule has 0 amide bonds. The molecular formula is C16H13NO. The smallest absolute Gasteiger partial charge is 0.127 e. The Morgan fingerprint density at radius 3 is 2.89 bits per heavy atom. The van der Waals surface area contributed by atoms with E-state index in [0.717, 1.165) is 22.4 Å². The van der Waals surface area contributed by atoms with Gasteiger partial charge < -0.3 is 4.74 Å². The Hall–Kier alpha value is -2.35. The Kier molecular flexibility index (Phi) is 2.92. The van der Waals surface area contributed by atoms with E-state index < -0.39 is 0 Å². The fourth-order valence-electron chi connectivity index (χ4n) is 1.91. The summed E-state index contributed by atoms with van der Waals surface area (Å²) in [7, 11) is 0. The van der Waals surface area contributed by atoms with Crippen LogP contribution in [-0.4, -0.2) is 11.6 Å². The first kappa shape index (κ1) is 10.8. The predicted molar refractivity (Wildman–Crippen MR) is 73.2 cm³/mol. The molecule has 1 aromatic carbocycles. The predicted octanol–water partition coefficient (Wildman–Crippen LogP) is 3.57. The number of benzene rings is 1. The van der Waals surface area contributed by atoms with E-state index in [9.17, 15) is 0 Å². The van der Waals surface area contributed by atoms with Gasteiger partial charge in [-0.05, 0) is 29.3 Å². The second kappa shape index (κ2) is 4.88. The highest BCUT2D eigenvalue weighted by atomic mass is 16.5. The van der Waals surface area contributed by atoms with Crippen LogP contribution in [0.5, 0.6) is 5.75 Å². The number of hydrogen-bond acceptors (Lipinski definition) is 2. The van der Waals surface area contributed by atoms with Gasteiger partial charge in [-0.15, -0.1) is 0 Å². The van der Waals surface area contributed by atoms with Gasteiger partial charge in [-0.2, -0.15) is 0 Å². The summed E-state index contributed by atoms with van der Waals surface area (Å²) in [6.45, 7) is 0.619. The Morgan fingerprint density at radius 1 is 1.06 bits per heavy atom. The number of ether oxygens (including phenoxy) is 1. The lowest BCUT2D eigenvalue weighted by Gasteiger charge is -2.15. The molecule has 0 atom stereocenters. The van der Waals surface area contributed by atoms with Crippen molar-refractivity contribution in [3.8, 4) is 5.75 Å². The highest BCUT2D eigenvalue weighted by Gasteiger charge is 2.07. The molecule has 0 aliphatic carbocycles. The van der Waals surface area contributed by atoms with Crippen LogP contribution in [0.15, 0.2) is 60.4 Å². The molecule has 2 heteroatoms. The van der Waals surface area contributed by atoms with E-state index in [1.807, 2.05) is 36.5 Å². The number of fused-ring (bicyclic) bond motifs is 1. The van der Waals surface area contributed by atoms with Gasteiger partial charge in [0.15, 0.2) is 0 Å². The molecule has 0 N–H and O–H groups in total. The minimum atomic E-state index is 0.619. The van der Waals surface area contributed by atoms with Gasteiger partial charge >= 0.3 is 0 Å². The second-order valence-corrected chi connectivity index (χ2v) is 4.17. The van der Waals surface area contributed by atoms with Gasteiger partial charge in [-0.3, -0.25) is 4.98 Å². The van der Waals surface area contributed by atoms with Crippen LogP contribution in [0.3, 0.4) is 0 Å². The van der Waals surface area contributed by atoms with Crippen LogP contribution in [-0.2, 0) is 0 Å². The summed E-state index contributed by atoms with van der Waals surface area (Å²) in [6.07, 6.45) is 9.90. The van der Waals surface area contributed by atoms with Gasteiger partial charge in [-0.1, -0.05) is 36.4 Å². The lowest BCUT2D eigenvalue weighted by molar-refractivity contribution is 0.351. The van der Waals surface area contributed by atoms with Gasteiger partial charge in [-0.25, -0.2) is 0 Å². The Labute approximate surface area is 106 Å². The number of nitrogens with zero attached hydrogens (tertiary/aromatic N) is 1. The molecule has 0 saturated heterocycles. The molecule has 0 spiro atoms. The van der Waals surface area contributed by atoms with E-state index in [1.54, 1.807) is 6.20 Å². The Balaban J connectivity index is 1.83. The summed E-state index contributed by atoms with van der Waals surface area (Å²) < 4.78 is 5.69. The van der Waals surface area contributed by atoms with E-state index in [4.69, 9.17) is 4.74 Å². The molecule has 2 nitrogen and oxygen atoms in total. The van der Waals surface area contributed by atoms with E-state index in [-0.39, 0.29) is 0 Å². The van der Waals surface area contributed by atoms with Crippen molar-refractivity contribution in [3.63, 3.8) is 0 Å². The fraction of sp³-hybridized carbons (Fsp3) is 0.0625. The molecular weight excluding hydrogens is 222 g/mol. The molecule has 2 heterocycles. The molecule has 0 unspecified atom stereocenters. The molecule has 0 bridgehead atoms. The monoisotopic (exact) mass is 235 g/mol. The Morgan fingerprint density at radius 2 is 2.00 bits per heavy atom. The zero-order chi connectivity index (χ0) is 12.2. The van der Waals surface area contributed by atoms with Crippen LogP contribution in [0.4, 0.5) is 0 Å². The maximum Gasteiger partial charge on any atom is 0.127 e. The van der Waals surface area contributed by atoms with E-state index in [0.29, 0.717) is 6.61 Å². The van der Waals surface area contributed by atoms with Crippen molar-refractivity contribution in [3.05, 3.63) is 71.6 Å². The first-order valence-electron chi connectivity index (χ1n) is 5.92. The average molecular weight is 235 g/mol. The minimum absolute atomic E-state index is 0.619. The van der Waals surface area contributed by atoms with Crippen molar-refractivity contribution >= 4 is 12.2 Å². The van der Waals surface area contributed by atoms with Gasteiger partial charge in [0.05, 0.1) is 0 Å². The van der Waals surface area contributed by atoms with Crippen molar-refractivity contribution < 1.29 is 4.74 Å². The van der Waals surface area contributed by atoms with Crippen molar-refractivity contribution in [2.24, 2.45) is 0 Å². The molecule has 0 saturated carbocycles. The van der Waals surface area contributed by atoms with E-state index >= 15 is 0 Å². The van der Waals surface area contributed by atoms with Gasteiger partial charge in [0.25, 0.3) is 0 Å². The van der Waals surface area contributed by atoms with Crippen LogP contribution in [0.1, 0.15) is 11.1 Å². The van der Waals surface area contributed by atoms with Gasteiger partial charge in [0.1, 0.15) is 12.4 Å². The number of para-hydroxylation sites is 1. The van der Waals surface area contributed by atoms with Crippen molar-refractivity contribution in [1.29, 1.82) is 0 Å². The zero-order valence-electron chi connectivity index (χ0n) is 9.91. The van der Waals surface area contributed by atoms with Crippen molar-refractivity contribution in [2.45, 2.75) is 0 Å². The van der Waals surface area contributed by atoms with E-state index in [2.05, 4.69) is 29.3 Å². The molecule has 3 rings (SSSR count). The van der Waals surface area contributed by atoms with Crippen LogP contribution in [0.25, 0.3) is 12.2 Å². The SMILES string of the molecule is C1=C(/C=C/c2cccnc2)COc2ccccc21. The maximum atomic E-state index is 5.69. The third-order valence-corrected chi connectivity index (χ3v) is 2.83. The van der Waals surface area contributed by atoms with Crippen molar-refractivity contribution in [1.82, 2.24) is 4.98 Å². The lowest BCUT2D eigenvalue weighted by atomic mass is 10.1. The third-order valence-electron chi connectivity index (χ3n) is 2.83. The highest BCUT2D eigenvalue weighted by molar-refractivity contribution is 5.66. The number of aromatic nitrogens is 1. The third kappa shape index (κ3) is 2.33. The summed E-state index contributed by atoms with van der Waals surface area (Å²) in [6, 6.07) is 12.0. The topological polar surface area (TPSA) is 22.1 Å². The molecule has 18 heavy (non-hydrogen) atoms. The van der Waals surface area contributed by atoms with Crippen LogP contribution in [0.2, 0.25) is 0 Å². The molecule has 0 fully saturated rings. The average Bonchev–Trinajstić information content (AvgIpc) is 2.46. The minimum Gasteiger partial charge on any atom is -0.488 e. The summed E-state index contributed by atoms with van der Waals surface area (Å²) in [5.74, 6) is 0.955. The molecule has 1 aliphatic rings. The normalized spacial score (nSPS) is 13.9. The van der Waals surface area contributed by atoms with Crippen LogP contribution >= 0.6 is 0 Å². The quantitative estimate of drug-likeness (QED) is 0.793. The molecule has 1 aliphatic heterocycles. The second-order valence-electron chi connectivity index (χ2n) is 4.17. The van der Waals surface area contributed by atoms with Crippen LogP contribution in [0, 0.1) is 0 Å². The summed E-state index contributed by atoms with van der Waals surface area (Å²) in [4.78, 5) is 4.08.